The van der Waals surface area contributed by atoms with Crippen LogP contribution in [0.4, 0.5) is 5.69 Å². The van der Waals surface area contributed by atoms with E-state index in [4.69, 9.17) is 0 Å². The summed E-state index contributed by atoms with van der Waals surface area (Å²) < 4.78 is 1.17. The lowest BCUT2D eigenvalue weighted by atomic mass is 10.1. The largest absolute Gasteiger partial charge is 0.384 e. The maximum Gasteiger partial charge on any atom is 0.269 e. The van der Waals surface area contributed by atoms with Crippen molar-refractivity contribution in [3.05, 3.63) is 22.6 Å². The molecule has 6 heteroatoms. The zero-order chi connectivity index (χ0) is 15.1. The Labute approximate surface area is 119 Å². The Morgan fingerprint density at radius 3 is 2.65 bits per heavy atom. The second kappa shape index (κ2) is 7.67. The van der Waals surface area contributed by atoms with E-state index in [9.17, 15) is 9.59 Å². The molecule has 0 aromatic carbocycles. The van der Waals surface area contributed by atoms with Gasteiger partial charge in [0.2, 0.25) is 5.91 Å². The van der Waals surface area contributed by atoms with Crippen molar-refractivity contribution in [1.29, 1.82) is 0 Å². The van der Waals surface area contributed by atoms with Crippen molar-refractivity contribution in [2.75, 3.05) is 11.9 Å². The first-order valence-corrected chi connectivity index (χ1v) is 7.04. The third-order valence-corrected chi connectivity index (χ3v) is 3.13. The van der Waals surface area contributed by atoms with Gasteiger partial charge in [0, 0.05) is 18.7 Å². The Morgan fingerprint density at radius 2 is 2.10 bits per heavy atom. The summed E-state index contributed by atoms with van der Waals surface area (Å²) in [6, 6.07) is 1.53. The number of hydrogen-bond donors (Lipinski definition) is 2. The molecule has 0 aliphatic rings. The molecule has 0 fully saturated rings. The van der Waals surface area contributed by atoms with Crippen molar-refractivity contribution in [2.24, 2.45) is 5.92 Å². The lowest BCUT2D eigenvalue weighted by Crippen LogP contribution is -2.40. The smallest absolute Gasteiger partial charge is 0.269 e. The van der Waals surface area contributed by atoms with Crippen LogP contribution in [0.25, 0.3) is 0 Å². The number of anilines is 1. The van der Waals surface area contributed by atoms with Crippen LogP contribution in [0.2, 0.25) is 0 Å². The molecule has 1 rings (SSSR count). The van der Waals surface area contributed by atoms with Gasteiger partial charge in [0.1, 0.15) is 6.54 Å². The van der Waals surface area contributed by atoms with E-state index >= 15 is 0 Å². The van der Waals surface area contributed by atoms with E-state index < -0.39 is 0 Å². The lowest BCUT2D eigenvalue weighted by molar-refractivity contribution is -0.122. The predicted molar refractivity (Wildman–Crippen MR) is 79.7 cm³/mol. The fourth-order valence-corrected chi connectivity index (χ4v) is 1.52. The highest BCUT2D eigenvalue weighted by Crippen LogP contribution is 2.01. The molecule has 6 nitrogen and oxygen atoms in total. The number of rotatable bonds is 7. The van der Waals surface area contributed by atoms with Gasteiger partial charge < -0.3 is 10.6 Å². The molecular weight excluding hydrogens is 256 g/mol. The number of nitrogens with one attached hydrogen (secondary N) is 2. The van der Waals surface area contributed by atoms with Crippen LogP contribution in [-0.2, 0) is 11.3 Å². The quantitative estimate of drug-likeness (QED) is 0.787. The monoisotopic (exact) mass is 280 g/mol. The van der Waals surface area contributed by atoms with Gasteiger partial charge >= 0.3 is 0 Å². The molecule has 0 aliphatic carbocycles. The molecule has 1 atom stereocenters. The summed E-state index contributed by atoms with van der Waals surface area (Å²) in [5.41, 5.74) is 0.405. The Kier molecular flexibility index (Phi) is 6.21. The summed E-state index contributed by atoms with van der Waals surface area (Å²) in [6.45, 7) is 8.78. The molecule has 1 aromatic heterocycles. The van der Waals surface area contributed by atoms with Crippen molar-refractivity contribution in [3.8, 4) is 0 Å². The molecule has 20 heavy (non-hydrogen) atoms. The molecule has 0 saturated carbocycles. The molecule has 1 aromatic rings. The molecule has 1 unspecified atom stereocenters. The van der Waals surface area contributed by atoms with Gasteiger partial charge in [-0.05, 0) is 19.3 Å². The van der Waals surface area contributed by atoms with Crippen molar-refractivity contribution in [1.82, 2.24) is 15.1 Å². The predicted octanol–water partition coefficient (Wildman–Crippen LogP) is 1.23. The van der Waals surface area contributed by atoms with Gasteiger partial charge in [-0.15, -0.1) is 0 Å². The van der Waals surface area contributed by atoms with Gasteiger partial charge in [-0.2, -0.15) is 5.10 Å². The van der Waals surface area contributed by atoms with Crippen LogP contribution in [0, 0.1) is 5.92 Å². The summed E-state index contributed by atoms with van der Waals surface area (Å²) in [4.78, 5) is 23.6. The highest BCUT2D eigenvalue weighted by atomic mass is 16.2. The van der Waals surface area contributed by atoms with E-state index in [1.165, 1.54) is 10.7 Å². The summed E-state index contributed by atoms with van der Waals surface area (Å²) >= 11 is 0. The number of carbonyl (C=O) groups is 1. The maximum atomic E-state index is 11.8. The van der Waals surface area contributed by atoms with Gasteiger partial charge in [-0.25, -0.2) is 4.68 Å². The first kappa shape index (κ1) is 16.2. The molecule has 0 radical (unpaired) electrons. The third-order valence-electron chi connectivity index (χ3n) is 3.13. The van der Waals surface area contributed by atoms with Crippen LogP contribution in [0.15, 0.2) is 17.1 Å². The van der Waals surface area contributed by atoms with E-state index in [0.717, 1.165) is 13.0 Å². The number of nitrogens with zero attached hydrogens (tertiary/aromatic N) is 2. The normalized spacial score (nSPS) is 12.2. The Hall–Kier alpha value is -1.85. The summed E-state index contributed by atoms with van der Waals surface area (Å²) in [6.07, 6.45) is 2.54. The molecule has 1 heterocycles. The van der Waals surface area contributed by atoms with Gasteiger partial charge in [-0.3, -0.25) is 9.59 Å². The van der Waals surface area contributed by atoms with E-state index in [2.05, 4.69) is 15.7 Å². The number of amides is 1. The molecule has 1 amide bonds. The van der Waals surface area contributed by atoms with Crippen molar-refractivity contribution < 1.29 is 4.79 Å². The van der Waals surface area contributed by atoms with Crippen LogP contribution in [0.5, 0.6) is 0 Å². The average Bonchev–Trinajstić information content (AvgIpc) is 2.39. The highest BCUT2D eigenvalue weighted by molar-refractivity contribution is 5.75. The van der Waals surface area contributed by atoms with Crippen LogP contribution < -0.4 is 16.2 Å². The third kappa shape index (κ3) is 5.03. The van der Waals surface area contributed by atoms with Crippen LogP contribution in [-0.4, -0.2) is 28.3 Å². The second-order valence-corrected chi connectivity index (χ2v) is 5.27. The minimum Gasteiger partial charge on any atom is -0.384 e. The lowest BCUT2D eigenvalue weighted by Gasteiger charge is -2.17. The molecule has 112 valence electrons. The first-order valence-electron chi connectivity index (χ1n) is 7.04. The highest BCUT2D eigenvalue weighted by Gasteiger charge is 2.12. The Bertz CT molecular complexity index is 496. The number of hydrogen-bond acceptors (Lipinski definition) is 4. The topological polar surface area (TPSA) is 76.0 Å². The summed E-state index contributed by atoms with van der Waals surface area (Å²) in [5.74, 6) is 0.152. The van der Waals surface area contributed by atoms with Gasteiger partial charge in [-0.1, -0.05) is 20.8 Å². The average molecular weight is 280 g/mol. The van der Waals surface area contributed by atoms with E-state index in [1.807, 2.05) is 27.7 Å². The standard InChI is InChI=1S/C14H24N4O2/c1-5-6-15-12-7-14(20)18(16-8-12)9-13(19)17-11(4)10(2)3/h7-8,10-11,15H,5-6,9H2,1-4H3,(H,17,19). The number of aromatic nitrogens is 2. The fourth-order valence-electron chi connectivity index (χ4n) is 1.52. The van der Waals surface area contributed by atoms with E-state index in [0.29, 0.717) is 11.6 Å². The van der Waals surface area contributed by atoms with E-state index in [-0.39, 0.29) is 24.1 Å². The molecule has 0 saturated heterocycles. The second-order valence-electron chi connectivity index (χ2n) is 5.27. The maximum absolute atomic E-state index is 11.8. The minimum atomic E-state index is -0.279. The molecule has 0 spiro atoms. The Morgan fingerprint density at radius 1 is 1.40 bits per heavy atom. The Balaban J connectivity index is 2.64. The fraction of sp³-hybridized carbons (Fsp3) is 0.643. The SMILES string of the molecule is CCCNc1cnn(CC(=O)NC(C)C(C)C)c(=O)c1. The summed E-state index contributed by atoms with van der Waals surface area (Å²) in [5, 5.41) is 9.94. The molecule has 2 N–H and O–H groups in total. The van der Waals surface area contributed by atoms with Crippen molar-refractivity contribution >= 4 is 11.6 Å². The zero-order valence-corrected chi connectivity index (χ0v) is 12.6. The van der Waals surface area contributed by atoms with Crippen LogP contribution in [0.3, 0.4) is 0 Å². The van der Waals surface area contributed by atoms with Crippen molar-refractivity contribution in [2.45, 2.75) is 46.7 Å². The molecule has 0 bridgehead atoms. The van der Waals surface area contributed by atoms with Gasteiger partial charge in [0.05, 0.1) is 11.9 Å². The van der Waals surface area contributed by atoms with Gasteiger partial charge in [0.25, 0.3) is 5.56 Å². The first-order chi connectivity index (χ1) is 9.43. The zero-order valence-electron chi connectivity index (χ0n) is 12.6. The van der Waals surface area contributed by atoms with Gasteiger partial charge in [0.15, 0.2) is 0 Å². The van der Waals surface area contributed by atoms with Crippen LogP contribution >= 0.6 is 0 Å². The molecular formula is C14H24N4O2. The summed E-state index contributed by atoms with van der Waals surface area (Å²) in [7, 11) is 0. The van der Waals surface area contributed by atoms with E-state index in [1.54, 1.807) is 6.20 Å². The number of carbonyl (C=O) groups excluding carboxylic acids is 1. The van der Waals surface area contributed by atoms with Crippen molar-refractivity contribution in [3.63, 3.8) is 0 Å². The van der Waals surface area contributed by atoms with Crippen LogP contribution in [0.1, 0.15) is 34.1 Å². The molecule has 0 aliphatic heterocycles. The minimum absolute atomic E-state index is 0.0516.